The van der Waals surface area contributed by atoms with Crippen molar-refractivity contribution in [3.8, 4) is 46.0 Å². The van der Waals surface area contributed by atoms with Gasteiger partial charge in [-0.3, -0.25) is 79.9 Å². The van der Waals surface area contributed by atoms with Crippen LogP contribution in [0.15, 0.2) is 160 Å². The summed E-state index contributed by atoms with van der Waals surface area (Å²) < 4.78 is 42.9. The van der Waals surface area contributed by atoms with Crippen LogP contribution in [0.4, 0.5) is 34.1 Å². The molecule has 8 rings (SSSR count). The van der Waals surface area contributed by atoms with E-state index in [0.29, 0.717) is 80.3 Å². The largest absolute Gasteiger partial charge is 0.493 e. The lowest BCUT2D eigenvalue weighted by molar-refractivity contribution is -0.396. The molecule has 0 saturated heterocycles. The number of benzene rings is 8. The molecule has 0 aliphatic heterocycles. The first-order valence-electron chi connectivity index (χ1n) is 34.5. The zero-order chi connectivity index (χ0) is 90.3. The van der Waals surface area contributed by atoms with Gasteiger partial charge in [0.05, 0.1) is 115 Å². The summed E-state index contributed by atoms with van der Waals surface area (Å²) in [5, 5.41) is 90.9. The van der Waals surface area contributed by atoms with Gasteiger partial charge in [0.2, 0.25) is 0 Å². The molecule has 7 N–H and O–H groups in total. The summed E-state index contributed by atoms with van der Waals surface area (Å²) in [6.07, 6.45) is 0. The summed E-state index contributed by atoms with van der Waals surface area (Å²) in [5.41, 5.74) is 7.30. The number of para-hydroxylation sites is 2. The zero-order valence-corrected chi connectivity index (χ0v) is 74.1. The number of carbonyl (C=O) groups is 4. The number of esters is 2. The number of ether oxygens (including phenoxy) is 8. The van der Waals surface area contributed by atoms with E-state index >= 15 is 0 Å². The predicted molar refractivity (Wildman–Crippen MR) is 483 cm³/mol. The topological polar surface area (TPSA) is 504 Å². The highest BCUT2D eigenvalue weighted by atomic mass is 33.1. The molecule has 8 aromatic rings. The summed E-state index contributed by atoms with van der Waals surface area (Å²) in [7, 11) is 22.7. The number of hydrogen-bond donors (Lipinski definition) is 6. The first-order chi connectivity index (χ1) is 56.4. The second-order valence-electron chi connectivity index (χ2n) is 22.7. The molecule has 0 atom stereocenters. The molecule has 0 aliphatic carbocycles. The molecule has 0 fully saturated rings. The van der Waals surface area contributed by atoms with Crippen LogP contribution in [0.25, 0.3) is 0 Å². The summed E-state index contributed by atoms with van der Waals surface area (Å²) in [4.78, 5) is 108. The average Bonchev–Trinajstić information content (AvgIpc) is 0.797. The van der Waals surface area contributed by atoms with Gasteiger partial charge in [-0.2, -0.15) is 0 Å². The Hall–Kier alpha value is -10.9. The number of carboxylic acid groups (broad SMARTS) is 2. The minimum absolute atomic E-state index is 0. The third-order valence-corrected chi connectivity index (χ3v) is 22.6. The van der Waals surface area contributed by atoms with Crippen molar-refractivity contribution in [2.75, 3.05) is 82.4 Å². The number of carbonyl (C=O) groups excluding carboxylic acids is 2. The van der Waals surface area contributed by atoms with E-state index in [1.54, 1.807) is 97.8 Å². The molecule has 43 heteroatoms. The van der Waals surface area contributed by atoms with Crippen LogP contribution in [0.1, 0.15) is 97.2 Å². The summed E-state index contributed by atoms with van der Waals surface area (Å²) in [6.45, 7) is 16.0. The lowest BCUT2D eigenvalue weighted by Crippen LogP contribution is -2.09. The van der Waals surface area contributed by atoms with E-state index in [-0.39, 0.29) is 68.3 Å². The van der Waals surface area contributed by atoms with E-state index in [4.69, 9.17) is 57.7 Å². The smallest absolute Gasteiger partial charge is 0.308 e. The maximum absolute atomic E-state index is 11.4. The van der Waals surface area contributed by atoms with Gasteiger partial charge in [-0.25, -0.2) is 0 Å². The van der Waals surface area contributed by atoms with E-state index in [1.807, 2.05) is 75.4 Å². The number of nitrogens with two attached hydrogens (primary N) is 1. The standard InChI is InChI=1S/3C17H19N3O6S.2C10H12O2S2.2C2H4O2.CH5N.3CH4/c3*1-10-7-15(12(9-18-2)17(26-4)16(10)25-3)27-14-6-5-11(19(21)22)8-13(14)20(23)24;2*1-3-13-14-10-7-5-4-6-9(10)12-8(2)11;2*1-2(3)4;1-2;;;/h3*5-8,18H,9H2,1-4H3;2*4-7H,3H2,1-2H3;2*1H3,(H,3,4);2H2,1H3;3*1H4. The summed E-state index contributed by atoms with van der Waals surface area (Å²) in [6, 6.07) is 31.5. The average molecular weight is 1840 g/mol. The van der Waals surface area contributed by atoms with Crippen molar-refractivity contribution >= 4 is 136 Å². The van der Waals surface area contributed by atoms with Gasteiger partial charge >= 0.3 is 11.9 Å². The Morgan fingerprint density at radius 1 is 0.369 bits per heavy atom. The van der Waals surface area contributed by atoms with Crippen LogP contribution >= 0.6 is 78.5 Å². The van der Waals surface area contributed by atoms with Crippen LogP contribution < -0.4 is 59.6 Å². The van der Waals surface area contributed by atoms with Crippen molar-refractivity contribution in [1.82, 2.24) is 16.0 Å². The minimum Gasteiger partial charge on any atom is -0.493 e. The number of aryl methyl sites for hydroxylation is 3. The Morgan fingerprint density at radius 2 is 0.598 bits per heavy atom. The van der Waals surface area contributed by atoms with Crippen LogP contribution in [-0.4, -0.2) is 146 Å². The Morgan fingerprint density at radius 3 is 0.787 bits per heavy atom. The molecule has 0 spiro atoms. The fraction of sp³-hybridized carbons (Fsp3) is 0.342. The molecular formula is C79H106N10O26S7. The highest BCUT2D eigenvalue weighted by Gasteiger charge is 2.28. The summed E-state index contributed by atoms with van der Waals surface area (Å²) in [5.74, 6) is 4.51. The lowest BCUT2D eigenvalue weighted by Gasteiger charge is -2.18. The highest BCUT2D eigenvalue weighted by molar-refractivity contribution is 8.77. The van der Waals surface area contributed by atoms with Gasteiger partial charge in [0.1, 0.15) is 11.5 Å². The second-order valence-corrected chi connectivity index (χ2v) is 31.2. The number of non-ortho nitro benzene ring substituents is 3. The van der Waals surface area contributed by atoms with Crippen molar-refractivity contribution in [3.05, 3.63) is 215 Å². The number of nitro groups is 6. The van der Waals surface area contributed by atoms with E-state index in [0.717, 1.165) is 137 Å². The van der Waals surface area contributed by atoms with Crippen molar-refractivity contribution in [1.29, 1.82) is 0 Å². The first kappa shape index (κ1) is 115. The van der Waals surface area contributed by atoms with E-state index in [1.165, 1.54) is 78.6 Å². The molecule has 0 aromatic heterocycles. The fourth-order valence-electron chi connectivity index (χ4n) is 9.71. The van der Waals surface area contributed by atoms with Gasteiger partial charge < -0.3 is 69.8 Å². The zero-order valence-electron chi connectivity index (χ0n) is 68.4. The lowest BCUT2D eigenvalue weighted by atomic mass is 10.1. The Kier molecular flexibility index (Phi) is 58.0. The quantitative estimate of drug-likeness (QED) is 0.00749. The van der Waals surface area contributed by atoms with E-state index in [9.17, 15) is 70.3 Å². The number of hydrogen-bond acceptors (Lipinski definition) is 35. The van der Waals surface area contributed by atoms with E-state index in [2.05, 4.69) is 35.5 Å². The van der Waals surface area contributed by atoms with Crippen LogP contribution in [0.2, 0.25) is 0 Å². The third kappa shape index (κ3) is 38.0. The normalized spacial score (nSPS) is 9.70. The van der Waals surface area contributed by atoms with Crippen LogP contribution in [0.3, 0.4) is 0 Å². The van der Waals surface area contributed by atoms with Crippen LogP contribution in [0.5, 0.6) is 46.0 Å². The van der Waals surface area contributed by atoms with Crippen molar-refractivity contribution in [2.45, 2.75) is 143 Å². The fourth-order valence-corrected chi connectivity index (χ4v) is 16.5. The van der Waals surface area contributed by atoms with Gasteiger partial charge in [0, 0.05) is 108 Å². The van der Waals surface area contributed by atoms with E-state index < -0.39 is 41.5 Å². The molecule has 36 nitrogen and oxygen atoms in total. The molecule has 0 radical (unpaired) electrons. The van der Waals surface area contributed by atoms with Gasteiger partial charge in [-0.15, -0.1) is 0 Å². The van der Waals surface area contributed by atoms with Crippen molar-refractivity contribution < 1.29 is 96.8 Å². The van der Waals surface area contributed by atoms with Gasteiger partial charge in [0.25, 0.3) is 46.1 Å². The third-order valence-electron chi connectivity index (χ3n) is 14.2. The Labute approximate surface area is 737 Å². The molecule has 0 amide bonds. The monoisotopic (exact) mass is 1830 g/mol. The van der Waals surface area contributed by atoms with Crippen molar-refractivity contribution in [2.24, 2.45) is 5.73 Å². The minimum atomic E-state index is -0.833. The molecule has 8 aromatic carbocycles. The predicted octanol–water partition coefficient (Wildman–Crippen LogP) is 19.5. The molecular weight excluding hydrogens is 1730 g/mol. The molecule has 122 heavy (non-hydrogen) atoms. The number of nitro benzene ring substituents is 6. The highest BCUT2D eigenvalue weighted by Crippen LogP contribution is 2.49. The number of aliphatic carboxylic acids is 2. The SMILES string of the molecule is C.C.C.CC(=O)O.CC(=O)O.CCSSc1ccccc1OC(C)=O.CCSSc1ccccc1OC(C)=O.CN.CNCc1c(Sc2ccc([N+](=O)[O-])cc2[N+](=O)[O-])cc(C)c(OC)c1OC.CNCc1c(Sc2ccc([N+](=O)[O-])cc2[N+](=O)[O-])cc(C)c(OC)c1OC.CNCc1c(Sc2ccc([N+](=O)[O-])cc2[N+](=O)[O-])cc(C)c(OC)c1OC. The number of rotatable bonds is 32. The maximum Gasteiger partial charge on any atom is 0.308 e. The van der Waals surface area contributed by atoms with Gasteiger partial charge in [-0.05, 0) is 126 Å². The number of methoxy groups -OCH3 is 6. The second kappa shape index (κ2) is 61.4. The van der Waals surface area contributed by atoms with Crippen molar-refractivity contribution in [3.63, 3.8) is 0 Å². The van der Waals surface area contributed by atoms with Crippen LogP contribution in [-0.2, 0) is 38.8 Å². The van der Waals surface area contributed by atoms with Crippen LogP contribution in [0, 0.1) is 81.5 Å². The maximum atomic E-state index is 11.4. The van der Waals surface area contributed by atoms with Gasteiger partial charge in [0.15, 0.2) is 34.5 Å². The number of carboxylic acids is 2. The molecule has 0 aliphatic rings. The van der Waals surface area contributed by atoms with Gasteiger partial charge in [-0.1, -0.05) is 139 Å². The molecule has 0 heterocycles. The molecule has 0 unspecified atom stereocenters. The number of nitrogens with one attached hydrogen (secondary N) is 3. The Balaban J connectivity index is -0.00000143. The summed E-state index contributed by atoms with van der Waals surface area (Å²) >= 11 is 3.46. The Bertz CT molecular complexity index is 4360. The molecule has 670 valence electrons. The number of nitrogens with zero attached hydrogens (tertiary/aromatic N) is 6. The molecule has 0 bridgehead atoms. The molecule has 0 saturated carbocycles. The first-order valence-corrected chi connectivity index (χ1v) is 41.6.